The van der Waals surface area contributed by atoms with Crippen molar-refractivity contribution in [1.29, 1.82) is 0 Å². The van der Waals surface area contributed by atoms with Crippen molar-refractivity contribution in [3.8, 4) is 0 Å². The van der Waals surface area contributed by atoms with E-state index in [-0.39, 0.29) is 6.42 Å². The van der Waals surface area contributed by atoms with Crippen LogP contribution < -0.4 is 0 Å². The van der Waals surface area contributed by atoms with Crippen LogP contribution in [0.1, 0.15) is 47.1 Å². The zero-order valence-electron chi connectivity index (χ0n) is 13.5. The first-order valence-electron chi connectivity index (χ1n) is 6.95. The molecular formula is C15H25F2O3S-. The summed E-state index contributed by atoms with van der Waals surface area (Å²) in [5.41, 5.74) is -1.39. The molecule has 0 saturated carbocycles. The predicted octanol–water partition coefficient (Wildman–Crippen LogP) is 4.45. The highest BCUT2D eigenvalue weighted by atomic mass is 32.2. The van der Waals surface area contributed by atoms with E-state index in [0.29, 0.717) is 5.56 Å². The Morgan fingerprint density at radius 2 is 1.38 bits per heavy atom. The summed E-state index contributed by atoms with van der Waals surface area (Å²) in [5, 5.41) is -4.30. The molecule has 0 spiro atoms. The first-order chi connectivity index (χ1) is 9.58. The molecular weight excluding hydrogens is 298 g/mol. The Bertz CT molecular complexity index is 483. The lowest BCUT2D eigenvalue weighted by molar-refractivity contribution is -0.0345. The van der Waals surface area contributed by atoms with E-state index in [1.807, 2.05) is 27.7 Å². The molecule has 0 aromatic heterocycles. The van der Waals surface area contributed by atoms with Crippen molar-refractivity contribution in [3.63, 3.8) is 0 Å². The van der Waals surface area contributed by atoms with Crippen LogP contribution in [-0.4, -0.2) is 18.2 Å². The van der Waals surface area contributed by atoms with Crippen molar-refractivity contribution in [1.82, 2.24) is 0 Å². The fourth-order valence-electron chi connectivity index (χ4n) is 1.55. The number of halogens is 2. The van der Waals surface area contributed by atoms with Crippen LogP contribution in [-0.2, 0) is 16.5 Å². The summed E-state index contributed by atoms with van der Waals surface area (Å²) in [4.78, 5) is 0. The molecule has 0 bridgehead atoms. The normalized spacial score (nSPS) is 11.7. The molecule has 1 aromatic rings. The molecule has 0 aliphatic carbocycles. The zero-order valence-corrected chi connectivity index (χ0v) is 14.3. The average Bonchev–Trinajstić information content (AvgIpc) is 2.42. The third-order valence-corrected chi connectivity index (χ3v) is 3.77. The monoisotopic (exact) mass is 323 g/mol. The molecule has 0 N–H and O–H groups in total. The highest BCUT2D eigenvalue weighted by molar-refractivity contribution is 7.86. The zero-order chi connectivity index (χ0) is 17.3. The maximum atomic E-state index is 13.5. The Hall–Kier alpha value is -1.01. The Kier molecular flexibility index (Phi) is 9.65. The fraction of sp³-hybridized carbons (Fsp3) is 0.600. The van der Waals surface area contributed by atoms with E-state index in [9.17, 15) is 21.8 Å². The summed E-state index contributed by atoms with van der Waals surface area (Å²) in [6.45, 7) is 10.1. The van der Waals surface area contributed by atoms with Crippen LogP contribution in [0.5, 0.6) is 0 Å². The van der Waals surface area contributed by atoms with Gasteiger partial charge in [0.1, 0.15) is 0 Å². The van der Waals surface area contributed by atoms with E-state index in [4.69, 9.17) is 0 Å². The molecule has 6 heteroatoms. The van der Waals surface area contributed by atoms with Crippen LogP contribution in [0.2, 0.25) is 0 Å². The third kappa shape index (κ3) is 6.09. The summed E-state index contributed by atoms with van der Waals surface area (Å²) in [7, 11) is -5.66. The molecule has 0 amide bonds. The lowest BCUT2D eigenvalue weighted by Crippen LogP contribution is -2.44. The summed E-state index contributed by atoms with van der Waals surface area (Å²) in [6, 6.07) is 8.26. The van der Waals surface area contributed by atoms with Crippen LogP contribution in [0.4, 0.5) is 8.78 Å². The van der Waals surface area contributed by atoms with Gasteiger partial charge < -0.3 is 4.55 Å². The van der Waals surface area contributed by atoms with Gasteiger partial charge in [0.05, 0.1) is 0 Å². The number of hydrogen-bond donors (Lipinski definition) is 0. The van der Waals surface area contributed by atoms with Gasteiger partial charge >= 0.3 is 5.25 Å². The van der Waals surface area contributed by atoms with Crippen molar-refractivity contribution < 1.29 is 21.8 Å². The Labute approximate surface area is 127 Å². The van der Waals surface area contributed by atoms with E-state index in [1.54, 1.807) is 30.3 Å². The Morgan fingerprint density at radius 3 is 1.71 bits per heavy atom. The number of benzene rings is 1. The van der Waals surface area contributed by atoms with E-state index in [1.165, 1.54) is 0 Å². The van der Waals surface area contributed by atoms with Gasteiger partial charge in [0, 0.05) is 5.41 Å². The van der Waals surface area contributed by atoms with Crippen molar-refractivity contribution >= 4 is 10.1 Å². The molecule has 3 nitrogen and oxygen atoms in total. The van der Waals surface area contributed by atoms with Crippen molar-refractivity contribution in [3.05, 3.63) is 35.9 Å². The van der Waals surface area contributed by atoms with Crippen molar-refractivity contribution in [2.45, 2.75) is 53.2 Å². The van der Waals surface area contributed by atoms with E-state index in [0.717, 1.165) is 13.8 Å². The summed E-state index contributed by atoms with van der Waals surface area (Å²) < 4.78 is 58.7. The minimum absolute atomic E-state index is 0.192. The van der Waals surface area contributed by atoms with Gasteiger partial charge in [-0.1, -0.05) is 71.9 Å². The number of hydrogen-bond acceptors (Lipinski definition) is 3. The Balaban J connectivity index is 0. The smallest absolute Gasteiger partial charge is 0.339 e. The van der Waals surface area contributed by atoms with E-state index < -0.39 is 20.8 Å². The molecule has 124 valence electrons. The van der Waals surface area contributed by atoms with Crippen molar-refractivity contribution in [2.24, 2.45) is 5.41 Å². The highest BCUT2D eigenvalue weighted by Gasteiger charge is 2.52. The molecule has 1 aromatic carbocycles. The first-order valence-corrected chi connectivity index (χ1v) is 8.36. The second-order valence-corrected chi connectivity index (χ2v) is 5.94. The third-order valence-electron chi connectivity index (χ3n) is 2.59. The second-order valence-electron chi connectivity index (χ2n) is 4.52. The SMILES string of the molecule is CC.CC.CC(C)(Cc1ccccc1)C(F)(F)S(=O)(=O)[O-]. The Morgan fingerprint density at radius 1 is 1.00 bits per heavy atom. The minimum atomic E-state index is -5.66. The molecule has 0 radical (unpaired) electrons. The van der Waals surface area contributed by atoms with Crippen molar-refractivity contribution in [2.75, 3.05) is 0 Å². The molecule has 0 unspecified atom stereocenters. The summed E-state index contributed by atoms with van der Waals surface area (Å²) in [5.74, 6) is 0. The fourth-order valence-corrected chi connectivity index (χ4v) is 2.30. The van der Waals surface area contributed by atoms with Gasteiger partial charge in [-0.05, 0) is 12.0 Å². The standard InChI is InChI=1S/C11H14F2O3S.2C2H6/c1-10(2,11(12,13)17(14,15)16)8-9-6-4-3-5-7-9;2*1-2/h3-7H,8H2,1-2H3,(H,14,15,16);2*1-2H3/p-1. The van der Waals surface area contributed by atoms with E-state index >= 15 is 0 Å². The van der Waals surface area contributed by atoms with Gasteiger partial charge in [0.15, 0.2) is 10.1 Å². The molecule has 0 aliphatic rings. The lowest BCUT2D eigenvalue weighted by atomic mass is 9.86. The van der Waals surface area contributed by atoms with Crippen LogP contribution in [0.25, 0.3) is 0 Å². The summed E-state index contributed by atoms with van der Waals surface area (Å²) in [6.07, 6.45) is -0.192. The van der Waals surface area contributed by atoms with Crippen LogP contribution in [0.3, 0.4) is 0 Å². The lowest BCUT2D eigenvalue weighted by Gasteiger charge is -2.35. The largest absolute Gasteiger partial charge is 0.743 e. The number of alkyl halides is 2. The molecule has 21 heavy (non-hydrogen) atoms. The van der Waals surface area contributed by atoms with Gasteiger partial charge in [0.25, 0.3) is 0 Å². The van der Waals surface area contributed by atoms with E-state index in [2.05, 4.69) is 0 Å². The molecule has 0 aliphatic heterocycles. The highest BCUT2D eigenvalue weighted by Crippen LogP contribution is 2.42. The van der Waals surface area contributed by atoms with Crippen LogP contribution in [0.15, 0.2) is 30.3 Å². The van der Waals surface area contributed by atoms with Crippen LogP contribution >= 0.6 is 0 Å². The molecule has 1 rings (SSSR count). The maximum absolute atomic E-state index is 13.5. The molecule has 0 heterocycles. The van der Waals surface area contributed by atoms with Gasteiger partial charge in [-0.25, -0.2) is 8.42 Å². The molecule has 0 atom stereocenters. The van der Waals surface area contributed by atoms with Gasteiger partial charge in [0.2, 0.25) is 0 Å². The quantitative estimate of drug-likeness (QED) is 0.769. The van der Waals surface area contributed by atoms with Crippen LogP contribution in [0, 0.1) is 5.41 Å². The molecule has 0 saturated heterocycles. The second kappa shape index (κ2) is 9.10. The predicted molar refractivity (Wildman–Crippen MR) is 81.3 cm³/mol. The maximum Gasteiger partial charge on any atom is 0.339 e. The first kappa shape index (κ1) is 22.3. The number of rotatable bonds is 4. The van der Waals surface area contributed by atoms with Gasteiger partial charge in [-0.3, -0.25) is 0 Å². The summed E-state index contributed by atoms with van der Waals surface area (Å²) >= 11 is 0. The topological polar surface area (TPSA) is 57.2 Å². The average molecular weight is 323 g/mol. The minimum Gasteiger partial charge on any atom is -0.743 e. The molecule has 0 fully saturated rings. The van der Waals surface area contributed by atoms with Gasteiger partial charge in [-0.15, -0.1) is 0 Å². The van der Waals surface area contributed by atoms with Gasteiger partial charge in [-0.2, -0.15) is 8.78 Å².